The highest BCUT2D eigenvalue weighted by atomic mass is 32.2. The number of rotatable bonds is 16. The summed E-state index contributed by atoms with van der Waals surface area (Å²) < 4.78 is 94.3. The second kappa shape index (κ2) is 18.0. The van der Waals surface area contributed by atoms with Gasteiger partial charge in [-0.05, 0) is 105 Å². The minimum atomic E-state index is -4.88. The van der Waals surface area contributed by atoms with Crippen LogP contribution in [-0.4, -0.2) is 76.8 Å². The van der Waals surface area contributed by atoms with Gasteiger partial charge in [0.2, 0.25) is 0 Å². The largest absolute Gasteiger partial charge is 0.494 e. The Kier molecular flexibility index (Phi) is 12.7. The van der Waals surface area contributed by atoms with Gasteiger partial charge >= 0.3 is 6.18 Å². The standard InChI is InChI=1S/C44H41F4N7O7S/c1-43(58,42(57)53-29-10-7-27(22-49)34(21-29)44(46,47)48)24-63(59,60)32-15-13-31(14-16-32)62-18-6-4-3-5-17-61-30-11-8-26(9-12-30)39-38(41-51-25-52-55(41)2)40-37-33(36(56)23-50-40)19-28(45)20-35(37)54-39/h7-16,19-21,25,38-39,54,58H,3-6,17-18,23-24H2,1-2H3,(H,53,57)/t38?,39-,43?/m1/s1. The number of aliphatic imine (C=N–C) groups is 1. The van der Waals surface area contributed by atoms with Gasteiger partial charge < -0.3 is 25.2 Å². The van der Waals surface area contributed by atoms with Crippen LogP contribution in [0.3, 0.4) is 0 Å². The van der Waals surface area contributed by atoms with Crippen LogP contribution in [0.4, 0.5) is 28.9 Å². The molecule has 0 spiro atoms. The third-order valence-electron chi connectivity index (χ3n) is 10.7. The Balaban J connectivity index is 0.850. The van der Waals surface area contributed by atoms with Crippen LogP contribution in [0.15, 0.2) is 95.1 Å². The average molecular weight is 888 g/mol. The van der Waals surface area contributed by atoms with Gasteiger partial charge in [0, 0.05) is 29.5 Å². The maximum atomic E-state index is 14.6. The van der Waals surface area contributed by atoms with Crippen molar-refractivity contribution in [2.24, 2.45) is 12.0 Å². The van der Waals surface area contributed by atoms with E-state index in [2.05, 4.69) is 25.7 Å². The number of hydrogen-bond donors (Lipinski definition) is 3. The first-order valence-electron chi connectivity index (χ1n) is 19.8. The number of halogens is 4. The summed E-state index contributed by atoms with van der Waals surface area (Å²) in [5.41, 5.74) is -1.94. The van der Waals surface area contributed by atoms with Crippen molar-refractivity contribution >= 4 is 38.6 Å². The van der Waals surface area contributed by atoms with Gasteiger partial charge in [-0.25, -0.2) is 17.8 Å². The molecule has 0 aliphatic carbocycles. The molecule has 4 aromatic carbocycles. The molecule has 19 heteroatoms. The van der Waals surface area contributed by atoms with E-state index in [0.717, 1.165) is 43.9 Å². The van der Waals surface area contributed by atoms with Crippen molar-refractivity contribution in [1.82, 2.24) is 14.8 Å². The summed E-state index contributed by atoms with van der Waals surface area (Å²) in [6.45, 7) is 1.69. The van der Waals surface area contributed by atoms with E-state index in [1.54, 1.807) is 11.7 Å². The van der Waals surface area contributed by atoms with Gasteiger partial charge in [0.25, 0.3) is 5.91 Å². The fourth-order valence-corrected chi connectivity index (χ4v) is 9.11. The van der Waals surface area contributed by atoms with Crippen LogP contribution in [-0.2, 0) is 27.9 Å². The predicted molar refractivity (Wildman–Crippen MR) is 222 cm³/mol. The van der Waals surface area contributed by atoms with Crippen molar-refractivity contribution in [2.45, 2.75) is 61.2 Å². The van der Waals surface area contributed by atoms with E-state index in [4.69, 9.17) is 14.7 Å². The molecular weight excluding hydrogens is 847 g/mol. The number of Topliss-reactive ketones (excluding diaryl/α,β-unsaturated/α-hetero) is 1. The van der Waals surface area contributed by atoms with Gasteiger partial charge in [-0.15, -0.1) is 0 Å². The number of aliphatic hydroxyl groups is 1. The van der Waals surface area contributed by atoms with Crippen LogP contribution in [0.25, 0.3) is 0 Å². The molecule has 3 N–H and O–H groups in total. The van der Waals surface area contributed by atoms with Crippen LogP contribution in [0.2, 0.25) is 0 Å². The molecule has 7 rings (SSSR count). The van der Waals surface area contributed by atoms with Crippen LogP contribution in [0.1, 0.15) is 83.0 Å². The minimum Gasteiger partial charge on any atom is -0.494 e. The smallest absolute Gasteiger partial charge is 0.417 e. The zero-order chi connectivity index (χ0) is 45.1. The van der Waals surface area contributed by atoms with Crippen LogP contribution in [0, 0.1) is 17.1 Å². The second-order valence-corrected chi connectivity index (χ2v) is 17.3. The highest BCUT2D eigenvalue weighted by Crippen LogP contribution is 2.45. The zero-order valence-electron chi connectivity index (χ0n) is 33.9. The van der Waals surface area contributed by atoms with E-state index < -0.39 is 56.1 Å². The molecule has 2 aliphatic rings. The fraction of sp³-hybridized carbons (Fsp3) is 0.318. The van der Waals surface area contributed by atoms with E-state index >= 15 is 0 Å². The highest BCUT2D eigenvalue weighted by Gasteiger charge is 2.42. The molecule has 328 valence electrons. The summed E-state index contributed by atoms with van der Waals surface area (Å²) in [7, 11) is -2.45. The number of nitriles is 1. The monoisotopic (exact) mass is 887 g/mol. The van der Waals surface area contributed by atoms with E-state index in [1.807, 2.05) is 24.3 Å². The number of nitrogens with zero attached hydrogens (tertiary/aromatic N) is 5. The number of alkyl halides is 3. The van der Waals surface area contributed by atoms with Crippen molar-refractivity contribution in [3.05, 3.63) is 125 Å². The highest BCUT2D eigenvalue weighted by molar-refractivity contribution is 7.91. The van der Waals surface area contributed by atoms with E-state index in [0.29, 0.717) is 65.6 Å². The molecule has 5 aromatic rings. The fourth-order valence-electron chi connectivity index (χ4n) is 7.53. The molecule has 3 heterocycles. The SMILES string of the molecule is Cn1ncnc1C1C2=NCC(=O)c3cc(F)cc(c32)N[C@@H]1c1ccc(OCCCCCCOc2ccc(S(=O)(=O)CC(C)(O)C(=O)Nc3ccc(C#N)c(C(F)(F)F)c3)cc2)cc1. The predicted octanol–water partition coefficient (Wildman–Crippen LogP) is 6.96. The Labute approximate surface area is 359 Å². The van der Waals surface area contributed by atoms with Crippen LogP contribution >= 0.6 is 0 Å². The third-order valence-corrected chi connectivity index (χ3v) is 12.6. The second-order valence-electron chi connectivity index (χ2n) is 15.4. The lowest BCUT2D eigenvalue weighted by atomic mass is 9.78. The van der Waals surface area contributed by atoms with Gasteiger partial charge in [0.1, 0.15) is 36.0 Å². The van der Waals surface area contributed by atoms with Gasteiger partial charge in [-0.3, -0.25) is 19.3 Å². The molecule has 0 radical (unpaired) electrons. The number of ketones is 1. The summed E-state index contributed by atoms with van der Waals surface area (Å²) >= 11 is 0. The lowest BCUT2D eigenvalue weighted by molar-refractivity contribution is -0.137. The summed E-state index contributed by atoms with van der Waals surface area (Å²) in [4.78, 5) is 34.4. The van der Waals surface area contributed by atoms with Crippen LogP contribution in [0.5, 0.6) is 11.5 Å². The molecule has 63 heavy (non-hydrogen) atoms. The molecule has 0 bridgehead atoms. The molecule has 2 unspecified atom stereocenters. The quantitative estimate of drug-likeness (QED) is 0.0684. The molecule has 0 saturated heterocycles. The van der Waals surface area contributed by atoms with Crippen molar-refractivity contribution in [1.29, 1.82) is 5.26 Å². The number of ether oxygens (including phenoxy) is 2. The molecule has 14 nitrogen and oxygen atoms in total. The number of benzene rings is 4. The van der Waals surface area contributed by atoms with Gasteiger partial charge in [0.15, 0.2) is 21.2 Å². The molecule has 3 atom stereocenters. The average Bonchev–Trinajstić information content (AvgIpc) is 3.67. The van der Waals surface area contributed by atoms with Crippen LogP contribution < -0.4 is 20.1 Å². The number of anilines is 2. The first kappa shape index (κ1) is 44.4. The third kappa shape index (κ3) is 9.87. The molecule has 1 aromatic heterocycles. The molecule has 0 fully saturated rings. The molecule has 2 aliphatic heterocycles. The number of hydrogen-bond acceptors (Lipinski definition) is 12. The number of carbonyl (C=O) groups is 2. The van der Waals surface area contributed by atoms with E-state index in [9.17, 15) is 40.7 Å². The van der Waals surface area contributed by atoms with Gasteiger partial charge in [0.05, 0.1) is 58.7 Å². The van der Waals surface area contributed by atoms with Crippen molar-refractivity contribution < 1.29 is 50.1 Å². The normalized spacial score (nSPS) is 16.8. The first-order valence-corrected chi connectivity index (χ1v) is 21.5. The van der Waals surface area contributed by atoms with Crippen molar-refractivity contribution in [3.63, 3.8) is 0 Å². The van der Waals surface area contributed by atoms with Crippen molar-refractivity contribution in [2.75, 3.05) is 36.1 Å². The Morgan fingerprint density at radius 3 is 2.24 bits per heavy atom. The lowest BCUT2D eigenvalue weighted by Crippen LogP contribution is -2.45. The van der Waals surface area contributed by atoms with E-state index in [1.165, 1.54) is 48.8 Å². The number of aromatic nitrogens is 3. The maximum absolute atomic E-state index is 14.6. The maximum Gasteiger partial charge on any atom is 0.417 e. The number of aryl methyl sites for hydroxylation is 1. The number of sulfone groups is 1. The summed E-state index contributed by atoms with van der Waals surface area (Å²) in [6.07, 6.45) is -0.241. The molecule has 1 amide bonds. The van der Waals surface area contributed by atoms with Gasteiger partial charge in [-0.1, -0.05) is 12.1 Å². The number of amides is 1. The number of unbranched alkanes of at least 4 members (excludes halogenated alkanes) is 3. The topological polar surface area (TPSA) is 198 Å². The summed E-state index contributed by atoms with van der Waals surface area (Å²) in [5.74, 6) is -1.76. The number of nitrogens with one attached hydrogen (secondary N) is 2. The number of carbonyl (C=O) groups excluding carboxylic acids is 2. The Hall–Kier alpha value is -6.65. The van der Waals surface area contributed by atoms with Gasteiger partial charge in [-0.2, -0.15) is 23.5 Å². The minimum absolute atomic E-state index is 0.0790. The molecule has 0 saturated carbocycles. The summed E-state index contributed by atoms with van der Waals surface area (Å²) in [5, 5.41) is 29.5. The van der Waals surface area contributed by atoms with Crippen molar-refractivity contribution in [3.8, 4) is 17.6 Å². The summed E-state index contributed by atoms with van der Waals surface area (Å²) in [6, 6.07) is 19.1. The first-order chi connectivity index (χ1) is 29.9. The Bertz CT molecular complexity index is 2710. The lowest BCUT2D eigenvalue weighted by Gasteiger charge is -2.37. The Morgan fingerprint density at radius 1 is 0.984 bits per heavy atom. The Morgan fingerprint density at radius 2 is 1.63 bits per heavy atom. The van der Waals surface area contributed by atoms with E-state index in [-0.39, 0.29) is 29.0 Å². The zero-order valence-corrected chi connectivity index (χ0v) is 34.8. The molecular formula is C44H41F4N7O7S.